The molecule has 1 saturated carbocycles. The molecular weight excluding hydrogens is 452 g/mol. The Bertz CT molecular complexity index is 963. The normalized spacial score (nSPS) is 24.9. The Kier molecular flexibility index (Phi) is 8.08. The fourth-order valence-electron chi connectivity index (χ4n) is 6.55. The Hall–Kier alpha value is -2.41. The Morgan fingerprint density at radius 2 is 1.75 bits per heavy atom. The van der Waals surface area contributed by atoms with Gasteiger partial charge in [0.2, 0.25) is 5.91 Å². The number of likely N-dealkylation sites (tertiary alicyclic amines) is 1. The van der Waals surface area contributed by atoms with Crippen LogP contribution in [0.4, 0.5) is 4.79 Å². The van der Waals surface area contributed by atoms with Crippen LogP contribution >= 0.6 is 0 Å². The van der Waals surface area contributed by atoms with E-state index in [0.717, 1.165) is 62.6 Å². The first-order valence-electron chi connectivity index (χ1n) is 13.8. The summed E-state index contributed by atoms with van der Waals surface area (Å²) in [7, 11) is 3.99. The Labute approximate surface area is 216 Å². The van der Waals surface area contributed by atoms with Gasteiger partial charge in [-0.1, -0.05) is 50.5 Å². The minimum absolute atomic E-state index is 0.00406. The Morgan fingerprint density at radius 1 is 1.08 bits per heavy atom. The van der Waals surface area contributed by atoms with Crippen LogP contribution in [0.1, 0.15) is 69.4 Å². The summed E-state index contributed by atoms with van der Waals surface area (Å²) in [6.45, 7) is 6.74. The second-order valence-corrected chi connectivity index (χ2v) is 11.8. The van der Waals surface area contributed by atoms with Crippen LogP contribution < -0.4 is 5.32 Å². The molecule has 0 bridgehead atoms. The third-order valence-corrected chi connectivity index (χ3v) is 8.87. The molecule has 36 heavy (non-hydrogen) atoms. The van der Waals surface area contributed by atoms with Gasteiger partial charge in [0.1, 0.15) is 5.54 Å². The molecule has 7 heteroatoms. The van der Waals surface area contributed by atoms with E-state index in [2.05, 4.69) is 36.2 Å². The number of hydrogen-bond acceptors (Lipinski definition) is 4. The zero-order chi connectivity index (χ0) is 25.9. The number of urea groups is 1. The van der Waals surface area contributed by atoms with Crippen molar-refractivity contribution in [2.24, 2.45) is 11.3 Å². The lowest BCUT2D eigenvalue weighted by Gasteiger charge is -2.44. The molecule has 1 atom stereocenters. The van der Waals surface area contributed by atoms with Crippen molar-refractivity contribution in [2.45, 2.75) is 77.2 Å². The zero-order valence-electron chi connectivity index (χ0n) is 22.6. The van der Waals surface area contributed by atoms with E-state index in [-0.39, 0.29) is 29.2 Å². The highest BCUT2D eigenvalue weighted by molar-refractivity contribution is 6.07. The number of nitrogens with one attached hydrogen (secondary N) is 1. The summed E-state index contributed by atoms with van der Waals surface area (Å²) >= 11 is 0. The van der Waals surface area contributed by atoms with Gasteiger partial charge in [-0.3, -0.25) is 14.5 Å². The van der Waals surface area contributed by atoms with Crippen LogP contribution in [0.5, 0.6) is 0 Å². The van der Waals surface area contributed by atoms with E-state index in [1.54, 1.807) is 0 Å². The molecule has 0 radical (unpaired) electrons. The molecule has 2 aliphatic heterocycles. The summed E-state index contributed by atoms with van der Waals surface area (Å²) in [5.41, 5.74) is 1.02. The standard InChI is InChI=1S/C29H44N4O3/c1-22-11-6-7-12-23(22)21-29(26(35)33(27(36)30-29)18-10-17-31(3)4)24-13-19-32(20-14-24)25(34)28(2)15-8-5-9-16-28/h6-7,11-12,24H,5,8-10,13-21H2,1-4H3,(H,30,36)/t29-/m0/s1. The first-order valence-corrected chi connectivity index (χ1v) is 13.8. The van der Waals surface area contributed by atoms with Crippen molar-refractivity contribution >= 4 is 17.8 Å². The minimum Gasteiger partial charge on any atom is -0.342 e. The average Bonchev–Trinajstić information content (AvgIpc) is 3.10. The van der Waals surface area contributed by atoms with Gasteiger partial charge in [0.05, 0.1) is 0 Å². The number of nitrogens with zero attached hydrogens (tertiary/aromatic N) is 3. The summed E-state index contributed by atoms with van der Waals surface area (Å²) in [5.74, 6) is 0.176. The first kappa shape index (κ1) is 26.6. The smallest absolute Gasteiger partial charge is 0.325 e. The zero-order valence-corrected chi connectivity index (χ0v) is 22.6. The molecule has 1 N–H and O–H groups in total. The molecule has 3 aliphatic rings. The molecule has 2 heterocycles. The highest BCUT2D eigenvalue weighted by atomic mass is 16.2. The number of hydrogen-bond donors (Lipinski definition) is 1. The predicted molar refractivity (Wildman–Crippen MR) is 142 cm³/mol. The first-order chi connectivity index (χ1) is 17.2. The monoisotopic (exact) mass is 496 g/mol. The molecule has 2 saturated heterocycles. The number of rotatable bonds is 8. The maximum Gasteiger partial charge on any atom is 0.325 e. The van der Waals surface area contributed by atoms with E-state index in [9.17, 15) is 14.4 Å². The van der Waals surface area contributed by atoms with Gasteiger partial charge in [-0.25, -0.2) is 4.79 Å². The summed E-state index contributed by atoms with van der Waals surface area (Å²) < 4.78 is 0. The second kappa shape index (κ2) is 10.9. The quantitative estimate of drug-likeness (QED) is 0.553. The van der Waals surface area contributed by atoms with Gasteiger partial charge in [-0.05, 0) is 76.7 Å². The lowest BCUT2D eigenvalue weighted by atomic mass is 9.72. The molecule has 0 spiro atoms. The number of carbonyl (C=O) groups excluding carboxylic acids is 3. The lowest BCUT2D eigenvalue weighted by molar-refractivity contribution is -0.145. The summed E-state index contributed by atoms with van der Waals surface area (Å²) in [6, 6.07) is 7.85. The molecule has 7 nitrogen and oxygen atoms in total. The van der Waals surface area contributed by atoms with Crippen LogP contribution in [0.15, 0.2) is 24.3 Å². The summed E-state index contributed by atoms with van der Waals surface area (Å²) in [6.07, 6.45) is 8.11. The Balaban J connectivity index is 1.53. The molecule has 0 aromatic heterocycles. The van der Waals surface area contributed by atoms with E-state index in [1.807, 2.05) is 31.1 Å². The van der Waals surface area contributed by atoms with Crippen LogP contribution in [-0.2, 0) is 16.0 Å². The molecule has 4 amide bonds. The van der Waals surface area contributed by atoms with Crippen molar-refractivity contribution in [3.8, 4) is 0 Å². The molecule has 1 aliphatic carbocycles. The van der Waals surface area contributed by atoms with Crippen molar-refractivity contribution in [3.63, 3.8) is 0 Å². The number of benzene rings is 1. The fourth-order valence-corrected chi connectivity index (χ4v) is 6.55. The fraction of sp³-hybridized carbons (Fsp3) is 0.690. The molecular formula is C29H44N4O3. The number of amides is 4. The largest absolute Gasteiger partial charge is 0.342 e. The SMILES string of the molecule is Cc1ccccc1C[C@@]1(C2CCN(C(=O)C3(C)CCCCC3)CC2)NC(=O)N(CCCN(C)C)C1=O. The maximum atomic E-state index is 14.0. The van der Waals surface area contributed by atoms with Crippen LogP contribution in [0, 0.1) is 18.3 Å². The predicted octanol–water partition coefficient (Wildman–Crippen LogP) is 3.99. The second-order valence-electron chi connectivity index (χ2n) is 11.8. The molecule has 4 rings (SSSR count). The van der Waals surface area contributed by atoms with E-state index in [1.165, 1.54) is 11.3 Å². The van der Waals surface area contributed by atoms with Crippen LogP contribution in [0.2, 0.25) is 0 Å². The lowest BCUT2D eigenvalue weighted by Crippen LogP contribution is -2.58. The van der Waals surface area contributed by atoms with Crippen molar-refractivity contribution in [3.05, 3.63) is 35.4 Å². The number of imide groups is 1. The van der Waals surface area contributed by atoms with E-state index >= 15 is 0 Å². The van der Waals surface area contributed by atoms with Gasteiger partial charge in [-0.15, -0.1) is 0 Å². The van der Waals surface area contributed by atoms with Crippen molar-refractivity contribution in [1.82, 2.24) is 20.0 Å². The van der Waals surface area contributed by atoms with Crippen molar-refractivity contribution in [1.29, 1.82) is 0 Å². The van der Waals surface area contributed by atoms with Crippen molar-refractivity contribution < 1.29 is 14.4 Å². The number of piperidine rings is 1. The highest BCUT2D eigenvalue weighted by Gasteiger charge is 2.56. The average molecular weight is 497 g/mol. The van der Waals surface area contributed by atoms with E-state index in [0.29, 0.717) is 26.1 Å². The summed E-state index contributed by atoms with van der Waals surface area (Å²) in [5, 5.41) is 3.19. The van der Waals surface area contributed by atoms with Crippen LogP contribution in [0.3, 0.4) is 0 Å². The summed E-state index contributed by atoms with van der Waals surface area (Å²) in [4.78, 5) is 46.1. The van der Waals surface area contributed by atoms with Crippen molar-refractivity contribution in [2.75, 3.05) is 40.3 Å². The maximum absolute atomic E-state index is 14.0. The Morgan fingerprint density at radius 3 is 2.39 bits per heavy atom. The third-order valence-electron chi connectivity index (χ3n) is 8.87. The van der Waals surface area contributed by atoms with Crippen LogP contribution in [0.25, 0.3) is 0 Å². The van der Waals surface area contributed by atoms with E-state index < -0.39 is 5.54 Å². The van der Waals surface area contributed by atoms with Crippen LogP contribution in [-0.4, -0.2) is 78.4 Å². The van der Waals surface area contributed by atoms with Gasteiger partial charge in [0, 0.05) is 31.5 Å². The van der Waals surface area contributed by atoms with Gasteiger partial charge >= 0.3 is 6.03 Å². The molecule has 1 aromatic carbocycles. The molecule has 198 valence electrons. The third kappa shape index (κ3) is 5.31. The molecule has 0 unspecified atom stereocenters. The molecule has 3 fully saturated rings. The highest BCUT2D eigenvalue weighted by Crippen LogP contribution is 2.41. The topological polar surface area (TPSA) is 73.0 Å². The molecule has 1 aromatic rings. The van der Waals surface area contributed by atoms with Gasteiger partial charge in [0.15, 0.2) is 0 Å². The number of carbonyl (C=O) groups is 3. The van der Waals surface area contributed by atoms with Gasteiger partial charge in [-0.2, -0.15) is 0 Å². The minimum atomic E-state index is -0.953. The van der Waals surface area contributed by atoms with Gasteiger partial charge in [0.25, 0.3) is 5.91 Å². The number of aryl methyl sites for hydroxylation is 1. The van der Waals surface area contributed by atoms with E-state index in [4.69, 9.17) is 0 Å². The van der Waals surface area contributed by atoms with Gasteiger partial charge < -0.3 is 15.1 Å².